The number of hydrogen-bond donors (Lipinski definition) is 3. The molecule has 3 aromatic rings. The van der Waals surface area contributed by atoms with Gasteiger partial charge in [0.05, 0.1) is 18.3 Å². The number of carbonyl (C=O) groups is 1. The van der Waals surface area contributed by atoms with E-state index >= 15 is 0 Å². The van der Waals surface area contributed by atoms with Crippen LogP contribution < -0.4 is 20.9 Å². The largest absolute Gasteiger partial charge is 0.459 e. The van der Waals surface area contributed by atoms with Crippen LogP contribution in [0, 0.1) is 0 Å². The summed E-state index contributed by atoms with van der Waals surface area (Å²) in [7, 11) is -4.29. The van der Waals surface area contributed by atoms with Gasteiger partial charge in [0.2, 0.25) is 0 Å². The van der Waals surface area contributed by atoms with Crippen LogP contribution in [0.1, 0.15) is 37.6 Å². The molecule has 0 amide bonds. The third-order valence-electron chi connectivity index (χ3n) is 6.27. The normalized spacial score (nSPS) is 20.3. The topological polar surface area (TPSA) is 158 Å². The van der Waals surface area contributed by atoms with Crippen LogP contribution in [0.4, 0.5) is 0 Å². The first kappa shape index (κ1) is 31.6. The maximum atomic E-state index is 14.0. The van der Waals surface area contributed by atoms with Gasteiger partial charge in [-0.2, -0.15) is 5.09 Å². The number of ether oxygens (including phenoxy) is 2. The number of nitrogens with one attached hydrogen (secondary N) is 2. The number of esters is 1. The molecule has 1 aromatic heterocycles. The van der Waals surface area contributed by atoms with E-state index in [1.54, 1.807) is 42.5 Å². The van der Waals surface area contributed by atoms with Crippen molar-refractivity contribution in [3.05, 3.63) is 104 Å². The van der Waals surface area contributed by atoms with E-state index in [0.29, 0.717) is 0 Å². The van der Waals surface area contributed by atoms with Crippen molar-refractivity contribution in [1.29, 1.82) is 0 Å². The van der Waals surface area contributed by atoms with Crippen molar-refractivity contribution in [3.63, 3.8) is 0 Å². The number of aromatic nitrogens is 2. The molecule has 12 nitrogen and oxygen atoms in total. The molecule has 3 N–H and O–H groups in total. The number of rotatable bonds is 12. The van der Waals surface area contributed by atoms with E-state index in [1.807, 2.05) is 18.2 Å². The number of halogens is 1. The summed E-state index contributed by atoms with van der Waals surface area (Å²) in [5.74, 6) is -0.491. The Labute approximate surface area is 250 Å². The molecular formula is C28H31BrN3O9P. The van der Waals surface area contributed by atoms with Crippen molar-refractivity contribution in [3.8, 4) is 5.75 Å². The lowest BCUT2D eigenvalue weighted by Crippen LogP contribution is -2.47. The SMILES string of the molecule is CC(C)(NP(=O)(OC[C@H]1O[C@@H](n2cc(/C=C/Br)c(=O)[nH]c2=O)C[C@H]1O)Oc1ccccc1)C(=O)OCc1ccccc1. The van der Waals surface area contributed by atoms with E-state index in [-0.39, 0.29) is 24.3 Å². The second kappa shape index (κ2) is 13.8. The van der Waals surface area contributed by atoms with Gasteiger partial charge in [0.25, 0.3) is 5.56 Å². The molecule has 1 fully saturated rings. The Morgan fingerprint density at radius 1 is 1.19 bits per heavy atom. The highest BCUT2D eigenvalue weighted by molar-refractivity contribution is 9.11. The highest BCUT2D eigenvalue weighted by Crippen LogP contribution is 2.47. The van der Waals surface area contributed by atoms with Gasteiger partial charge in [-0.05, 0) is 42.6 Å². The predicted octanol–water partition coefficient (Wildman–Crippen LogP) is 3.87. The lowest BCUT2D eigenvalue weighted by molar-refractivity contribution is -0.151. The molecule has 224 valence electrons. The van der Waals surface area contributed by atoms with Crippen LogP contribution in [0.5, 0.6) is 5.75 Å². The molecule has 1 unspecified atom stereocenters. The molecule has 0 spiro atoms. The summed E-state index contributed by atoms with van der Waals surface area (Å²) in [6.45, 7) is 2.54. The van der Waals surface area contributed by atoms with E-state index in [4.69, 9.17) is 18.5 Å². The van der Waals surface area contributed by atoms with Crippen LogP contribution in [0.25, 0.3) is 6.08 Å². The fraction of sp³-hybridized carbons (Fsp3) is 0.321. The Bertz CT molecular complexity index is 1560. The number of aliphatic hydroxyl groups is 1. The maximum absolute atomic E-state index is 14.0. The van der Waals surface area contributed by atoms with Crippen molar-refractivity contribution in [1.82, 2.24) is 14.6 Å². The fourth-order valence-corrected chi connectivity index (χ4v) is 6.07. The Hall–Kier alpha value is -3.32. The molecule has 42 heavy (non-hydrogen) atoms. The summed E-state index contributed by atoms with van der Waals surface area (Å²) in [5.41, 5.74) is -1.85. The molecule has 0 aliphatic carbocycles. The molecule has 0 saturated carbocycles. The van der Waals surface area contributed by atoms with Gasteiger partial charge >= 0.3 is 19.4 Å². The molecule has 1 saturated heterocycles. The third-order valence-corrected chi connectivity index (χ3v) is 8.31. The van der Waals surface area contributed by atoms with Gasteiger partial charge in [-0.1, -0.05) is 64.5 Å². The van der Waals surface area contributed by atoms with Crippen LogP contribution in [-0.2, 0) is 30.0 Å². The third kappa shape index (κ3) is 8.15. The molecule has 0 radical (unpaired) electrons. The number of nitrogens with zero attached hydrogens (tertiary/aromatic N) is 1. The number of para-hydroxylation sites is 1. The fourth-order valence-electron chi connectivity index (χ4n) is 4.10. The Morgan fingerprint density at radius 3 is 2.52 bits per heavy atom. The van der Waals surface area contributed by atoms with E-state index in [0.717, 1.165) is 10.1 Å². The smallest absolute Gasteiger partial charge is 0.459 e. The van der Waals surface area contributed by atoms with Crippen LogP contribution in [0.15, 0.2) is 81.4 Å². The second-order valence-corrected chi connectivity index (χ2v) is 12.2. The molecule has 14 heteroatoms. The molecule has 2 aromatic carbocycles. The van der Waals surface area contributed by atoms with Crippen LogP contribution in [0.2, 0.25) is 0 Å². The number of hydrogen-bond acceptors (Lipinski definition) is 9. The van der Waals surface area contributed by atoms with Gasteiger partial charge in [-0.15, -0.1) is 0 Å². The predicted molar refractivity (Wildman–Crippen MR) is 158 cm³/mol. The monoisotopic (exact) mass is 663 g/mol. The van der Waals surface area contributed by atoms with Crippen LogP contribution >= 0.6 is 23.7 Å². The van der Waals surface area contributed by atoms with Gasteiger partial charge in [0, 0.05) is 12.6 Å². The van der Waals surface area contributed by atoms with Crippen molar-refractivity contribution in [2.75, 3.05) is 6.61 Å². The molecule has 1 aliphatic rings. The zero-order valence-corrected chi connectivity index (χ0v) is 25.3. The first-order valence-electron chi connectivity index (χ1n) is 13.0. The summed E-state index contributed by atoms with van der Waals surface area (Å²) >= 11 is 3.10. The standard InChI is InChI=1S/C28H31BrN3O9P/c1-28(2,26(35)38-17-19-9-5-3-6-10-19)31-42(37,41-21-11-7-4-8-12-21)39-18-23-22(33)15-24(40-23)32-16-20(13-14-29)25(34)30-27(32)36/h3-14,16,22-24,33H,15,17-18H2,1-2H3,(H,31,37)(H,30,34,36)/b14-13+/t22-,23-,24-,42?/m1/s1. The van der Waals surface area contributed by atoms with Gasteiger partial charge in [0.1, 0.15) is 30.2 Å². The second-order valence-electron chi connectivity index (χ2n) is 9.97. The number of H-pyrrole nitrogens is 1. The molecule has 2 heterocycles. The quantitative estimate of drug-likeness (QED) is 0.192. The molecular weight excluding hydrogens is 633 g/mol. The lowest BCUT2D eigenvalue weighted by Gasteiger charge is -2.30. The van der Waals surface area contributed by atoms with Gasteiger partial charge in [0.15, 0.2) is 0 Å². The average molecular weight is 664 g/mol. The number of aromatic amines is 1. The van der Waals surface area contributed by atoms with Gasteiger partial charge < -0.3 is 19.1 Å². The minimum Gasteiger partial charge on any atom is -0.459 e. The minimum absolute atomic E-state index is 0.00792. The zero-order chi connectivity index (χ0) is 30.3. The Kier molecular flexibility index (Phi) is 10.4. The number of aliphatic hydroxyl groups excluding tert-OH is 1. The van der Waals surface area contributed by atoms with Crippen LogP contribution in [0.3, 0.4) is 0 Å². The summed E-state index contributed by atoms with van der Waals surface area (Å²) in [5, 5.41) is 13.4. The highest BCUT2D eigenvalue weighted by atomic mass is 79.9. The molecule has 4 rings (SSSR count). The first-order valence-corrected chi connectivity index (χ1v) is 15.4. The Balaban J connectivity index is 1.48. The number of benzene rings is 2. The summed E-state index contributed by atoms with van der Waals surface area (Å²) in [6.07, 6.45) is -0.312. The lowest BCUT2D eigenvalue weighted by atomic mass is 10.1. The van der Waals surface area contributed by atoms with E-state index in [1.165, 1.54) is 31.1 Å². The average Bonchev–Trinajstić information content (AvgIpc) is 3.32. The summed E-state index contributed by atoms with van der Waals surface area (Å²) in [4.78, 5) is 41.1. The van der Waals surface area contributed by atoms with Crippen LogP contribution in [-0.4, -0.2) is 45.0 Å². The summed E-state index contributed by atoms with van der Waals surface area (Å²) < 4.78 is 37.8. The van der Waals surface area contributed by atoms with Crippen molar-refractivity contribution in [2.45, 2.75) is 50.8 Å². The van der Waals surface area contributed by atoms with Crippen molar-refractivity contribution in [2.24, 2.45) is 0 Å². The molecule has 0 bridgehead atoms. The molecule has 4 atom stereocenters. The summed E-state index contributed by atoms with van der Waals surface area (Å²) in [6, 6.07) is 17.3. The number of carbonyl (C=O) groups excluding carboxylic acids is 1. The first-order chi connectivity index (χ1) is 20.0. The highest BCUT2D eigenvalue weighted by Gasteiger charge is 2.43. The van der Waals surface area contributed by atoms with E-state index in [9.17, 15) is 24.1 Å². The van der Waals surface area contributed by atoms with E-state index < -0.39 is 55.5 Å². The minimum atomic E-state index is -4.29. The van der Waals surface area contributed by atoms with E-state index in [2.05, 4.69) is 26.0 Å². The van der Waals surface area contributed by atoms with Gasteiger partial charge in [-0.25, -0.2) is 9.36 Å². The maximum Gasteiger partial charge on any atom is 0.459 e. The van der Waals surface area contributed by atoms with Crippen molar-refractivity contribution < 1.29 is 33.0 Å². The Morgan fingerprint density at radius 2 is 1.86 bits per heavy atom. The molecule has 1 aliphatic heterocycles. The van der Waals surface area contributed by atoms with Crippen molar-refractivity contribution >= 4 is 35.7 Å². The van der Waals surface area contributed by atoms with Gasteiger partial charge in [-0.3, -0.25) is 23.7 Å². The zero-order valence-electron chi connectivity index (χ0n) is 22.8.